The summed E-state index contributed by atoms with van der Waals surface area (Å²) >= 11 is 5.64. The Balaban J connectivity index is 2.03. The highest BCUT2D eigenvalue weighted by Crippen LogP contribution is 2.26. The molecule has 0 aromatic heterocycles. The summed E-state index contributed by atoms with van der Waals surface area (Å²) in [5.41, 5.74) is 1.33. The predicted molar refractivity (Wildman–Crippen MR) is 98.6 cm³/mol. The Kier molecular flexibility index (Phi) is 6.66. The van der Waals surface area contributed by atoms with E-state index in [2.05, 4.69) is 43.8 Å². The van der Waals surface area contributed by atoms with Crippen molar-refractivity contribution < 1.29 is 14.3 Å². The summed E-state index contributed by atoms with van der Waals surface area (Å²) in [6.07, 6.45) is 0. The van der Waals surface area contributed by atoms with Crippen LogP contribution in [0.25, 0.3) is 0 Å². The lowest BCUT2D eigenvalue weighted by molar-refractivity contribution is 0.102. The molecule has 2 aromatic carbocycles. The van der Waals surface area contributed by atoms with E-state index in [9.17, 15) is 4.79 Å². The normalized spacial score (nSPS) is 10.3. The maximum Gasteiger partial charge on any atom is 0.255 e. The molecule has 0 bridgehead atoms. The van der Waals surface area contributed by atoms with Crippen molar-refractivity contribution in [2.75, 3.05) is 25.6 Å². The van der Waals surface area contributed by atoms with Gasteiger partial charge in [-0.05, 0) is 81.0 Å². The van der Waals surface area contributed by atoms with Crippen molar-refractivity contribution in [1.29, 1.82) is 0 Å². The second-order valence-corrected chi connectivity index (χ2v) is 6.55. The highest BCUT2D eigenvalue weighted by atomic mass is 127. The lowest BCUT2D eigenvalue weighted by atomic mass is 10.2. The molecule has 0 unspecified atom stereocenters. The second kappa shape index (κ2) is 8.50. The van der Waals surface area contributed by atoms with E-state index in [1.54, 1.807) is 25.3 Å². The van der Waals surface area contributed by atoms with E-state index < -0.39 is 0 Å². The summed E-state index contributed by atoms with van der Waals surface area (Å²) in [5, 5.41) is 2.86. The minimum atomic E-state index is -0.162. The highest BCUT2D eigenvalue weighted by Gasteiger charge is 2.09. The molecule has 4 nitrogen and oxygen atoms in total. The Bertz CT molecular complexity index is 646. The van der Waals surface area contributed by atoms with Gasteiger partial charge < -0.3 is 14.8 Å². The summed E-state index contributed by atoms with van der Waals surface area (Å²) in [7, 11) is 1.62. The number of benzene rings is 2. The lowest BCUT2D eigenvalue weighted by Gasteiger charge is -2.10. The van der Waals surface area contributed by atoms with Gasteiger partial charge in [-0.1, -0.05) is 0 Å². The van der Waals surface area contributed by atoms with E-state index in [1.165, 1.54) is 0 Å². The first-order valence-electron chi connectivity index (χ1n) is 6.58. The number of anilines is 1. The Morgan fingerprint density at radius 1 is 1.18 bits per heavy atom. The van der Waals surface area contributed by atoms with Gasteiger partial charge in [0.15, 0.2) is 0 Å². The van der Waals surface area contributed by atoms with Crippen LogP contribution in [0.15, 0.2) is 46.9 Å². The van der Waals surface area contributed by atoms with Gasteiger partial charge in [-0.3, -0.25) is 4.79 Å². The molecule has 1 N–H and O–H groups in total. The molecule has 0 aliphatic rings. The smallest absolute Gasteiger partial charge is 0.255 e. The van der Waals surface area contributed by atoms with Gasteiger partial charge in [-0.2, -0.15) is 0 Å². The molecule has 0 spiro atoms. The Morgan fingerprint density at radius 3 is 2.55 bits per heavy atom. The van der Waals surface area contributed by atoms with Crippen LogP contribution in [0.5, 0.6) is 5.75 Å². The second-order valence-electron chi connectivity index (χ2n) is 4.45. The molecule has 0 aliphatic carbocycles. The zero-order valence-corrected chi connectivity index (χ0v) is 15.7. The number of carbonyl (C=O) groups excluding carboxylic acids is 1. The van der Waals surface area contributed by atoms with Gasteiger partial charge in [0.25, 0.3) is 5.91 Å². The Hall–Kier alpha value is -1.12. The van der Waals surface area contributed by atoms with Crippen molar-refractivity contribution in [3.05, 3.63) is 56.1 Å². The molecule has 0 aliphatic heterocycles. The van der Waals surface area contributed by atoms with E-state index in [1.807, 2.05) is 24.3 Å². The average Bonchev–Trinajstić information content (AvgIpc) is 2.51. The van der Waals surface area contributed by atoms with E-state index in [4.69, 9.17) is 9.47 Å². The molecule has 2 aromatic rings. The van der Waals surface area contributed by atoms with E-state index in [-0.39, 0.29) is 5.91 Å². The van der Waals surface area contributed by atoms with E-state index in [0.717, 1.165) is 13.7 Å². The standard InChI is InChI=1S/C16H15BrINO3/c1-21-8-9-22-15-7-2-11(10-14(15)17)16(20)19-13-5-3-12(18)4-6-13/h2-7,10H,8-9H2,1H3,(H,19,20). The number of rotatable bonds is 6. The SMILES string of the molecule is COCCOc1ccc(C(=O)Nc2ccc(I)cc2)cc1Br. The summed E-state index contributed by atoms with van der Waals surface area (Å²) in [6.45, 7) is 0.977. The van der Waals surface area contributed by atoms with Crippen molar-refractivity contribution in [3.63, 3.8) is 0 Å². The molecule has 1 amide bonds. The zero-order valence-electron chi connectivity index (χ0n) is 11.9. The van der Waals surface area contributed by atoms with Crippen molar-refractivity contribution in [2.24, 2.45) is 0 Å². The van der Waals surface area contributed by atoms with E-state index in [0.29, 0.717) is 24.5 Å². The first kappa shape index (κ1) is 17.2. The van der Waals surface area contributed by atoms with Gasteiger partial charge in [0.1, 0.15) is 12.4 Å². The minimum absolute atomic E-state index is 0.162. The number of hydrogen-bond donors (Lipinski definition) is 1. The first-order valence-corrected chi connectivity index (χ1v) is 8.45. The molecule has 116 valence electrons. The molecule has 0 atom stereocenters. The average molecular weight is 476 g/mol. The molecule has 0 saturated carbocycles. The van der Waals surface area contributed by atoms with Crippen LogP contribution >= 0.6 is 38.5 Å². The fourth-order valence-corrected chi connectivity index (χ4v) is 2.58. The van der Waals surface area contributed by atoms with E-state index >= 15 is 0 Å². The summed E-state index contributed by atoms with van der Waals surface area (Å²) in [4.78, 5) is 12.2. The number of methoxy groups -OCH3 is 1. The molecule has 22 heavy (non-hydrogen) atoms. The van der Waals surface area contributed by atoms with Crippen molar-refractivity contribution in [2.45, 2.75) is 0 Å². The van der Waals surface area contributed by atoms with Gasteiger partial charge in [-0.25, -0.2) is 0 Å². The fourth-order valence-electron chi connectivity index (χ4n) is 1.73. The number of nitrogens with one attached hydrogen (secondary N) is 1. The number of carbonyl (C=O) groups is 1. The molecular formula is C16H15BrINO3. The maximum absolute atomic E-state index is 12.2. The van der Waals surface area contributed by atoms with Gasteiger partial charge in [0.05, 0.1) is 11.1 Å². The van der Waals surface area contributed by atoms with Crippen LogP contribution in [0, 0.1) is 3.57 Å². The molecule has 2 rings (SSSR count). The third-order valence-electron chi connectivity index (χ3n) is 2.84. The monoisotopic (exact) mass is 475 g/mol. The number of hydrogen-bond acceptors (Lipinski definition) is 3. The van der Waals surface area contributed by atoms with Crippen molar-refractivity contribution in [1.82, 2.24) is 0 Å². The molecular weight excluding hydrogens is 461 g/mol. The number of halogens is 2. The maximum atomic E-state index is 12.2. The molecule has 0 saturated heterocycles. The zero-order chi connectivity index (χ0) is 15.9. The topological polar surface area (TPSA) is 47.6 Å². The predicted octanol–water partition coefficient (Wildman–Crippen LogP) is 4.33. The van der Waals surface area contributed by atoms with Crippen LogP contribution < -0.4 is 10.1 Å². The van der Waals surface area contributed by atoms with Gasteiger partial charge in [0.2, 0.25) is 0 Å². The molecule has 0 radical (unpaired) electrons. The summed E-state index contributed by atoms with van der Waals surface area (Å²) < 4.78 is 12.3. The van der Waals surface area contributed by atoms with Crippen molar-refractivity contribution in [3.8, 4) is 5.75 Å². The Morgan fingerprint density at radius 2 is 1.91 bits per heavy atom. The van der Waals surface area contributed by atoms with Gasteiger partial charge >= 0.3 is 0 Å². The van der Waals surface area contributed by atoms with Gasteiger partial charge in [0, 0.05) is 21.9 Å². The van der Waals surface area contributed by atoms with Crippen LogP contribution in [-0.2, 0) is 4.74 Å². The van der Waals surface area contributed by atoms with Crippen LogP contribution in [0.1, 0.15) is 10.4 Å². The fraction of sp³-hybridized carbons (Fsp3) is 0.188. The molecule has 0 heterocycles. The van der Waals surface area contributed by atoms with Crippen LogP contribution in [0.2, 0.25) is 0 Å². The number of ether oxygens (including phenoxy) is 2. The number of amides is 1. The van der Waals surface area contributed by atoms with Crippen LogP contribution in [-0.4, -0.2) is 26.2 Å². The summed E-state index contributed by atoms with van der Waals surface area (Å²) in [5.74, 6) is 0.521. The molecule has 6 heteroatoms. The van der Waals surface area contributed by atoms with Gasteiger partial charge in [-0.15, -0.1) is 0 Å². The minimum Gasteiger partial charge on any atom is -0.490 e. The first-order chi connectivity index (χ1) is 10.6. The third kappa shape index (κ3) is 4.96. The largest absolute Gasteiger partial charge is 0.490 e. The quantitative estimate of drug-likeness (QED) is 0.499. The third-order valence-corrected chi connectivity index (χ3v) is 4.18. The lowest BCUT2D eigenvalue weighted by Crippen LogP contribution is -2.12. The molecule has 0 fully saturated rings. The summed E-state index contributed by atoms with van der Waals surface area (Å²) in [6, 6.07) is 12.9. The van der Waals surface area contributed by atoms with Crippen LogP contribution in [0.4, 0.5) is 5.69 Å². The van der Waals surface area contributed by atoms with Crippen LogP contribution in [0.3, 0.4) is 0 Å². The Labute approximate surface area is 151 Å². The van der Waals surface area contributed by atoms with Crippen molar-refractivity contribution >= 4 is 50.1 Å². The highest BCUT2D eigenvalue weighted by molar-refractivity contribution is 14.1.